The highest BCUT2D eigenvalue weighted by molar-refractivity contribution is 7.89. The zero-order valence-corrected chi connectivity index (χ0v) is 19.4. The molecule has 1 atom stereocenters. The Bertz CT molecular complexity index is 1180. The van der Waals surface area contributed by atoms with Crippen LogP contribution in [0.3, 0.4) is 0 Å². The predicted molar refractivity (Wildman–Crippen MR) is 125 cm³/mol. The molecule has 0 saturated heterocycles. The summed E-state index contributed by atoms with van der Waals surface area (Å²) in [6.07, 6.45) is 2.36. The van der Waals surface area contributed by atoms with Crippen molar-refractivity contribution in [1.82, 2.24) is 10.0 Å². The summed E-state index contributed by atoms with van der Waals surface area (Å²) in [5.41, 5.74) is 0.275. The van der Waals surface area contributed by atoms with Gasteiger partial charge in [-0.3, -0.25) is 14.5 Å². The van der Waals surface area contributed by atoms with Crippen molar-refractivity contribution in [2.24, 2.45) is 0 Å². The number of furan rings is 1. The van der Waals surface area contributed by atoms with E-state index in [1.54, 1.807) is 30.3 Å². The van der Waals surface area contributed by atoms with Crippen LogP contribution in [0.5, 0.6) is 0 Å². The van der Waals surface area contributed by atoms with Gasteiger partial charge in [-0.1, -0.05) is 31.5 Å². The van der Waals surface area contributed by atoms with Crippen LogP contribution in [-0.4, -0.2) is 32.8 Å². The molecule has 8 nitrogen and oxygen atoms in total. The van der Waals surface area contributed by atoms with Crippen molar-refractivity contribution in [1.29, 1.82) is 0 Å². The van der Waals surface area contributed by atoms with Crippen LogP contribution >= 0.6 is 0 Å². The van der Waals surface area contributed by atoms with Crippen LogP contribution in [0.15, 0.2) is 82.3 Å². The first-order valence-corrected chi connectivity index (χ1v) is 12.2. The first-order chi connectivity index (χ1) is 16.3. The lowest BCUT2D eigenvalue weighted by molar-refractivity contribution is -0.126. The topological polar surface area (TPSA) is 109 Å². The zero-order chi connectivity index (χ0) is 24.6. The quantitative estimate of drug-likeness (QED) is 0.432. The van der Waals surface area contributed by atoms with E-state index in [4.69, 9.17) is 4.42 Å². The highest BCUT2D eigenvalue weighted by atomic mass is 32.2. The average molecular weight is 488 g/mol. The lowest BCUT2D eigenvalue weighted by Gasteiger charge is -2.31. The second kappa shape index (κ2) is 11.6. The van der Waals surface area contributed by atoms with Gasteiger partial charge in [0.15, 0.2) is 0 Å². The molecule has 0 aliphatic heterocycles. The van der Waals surface area contributed by atoms with Gasteiger partial charge in [0.1, 0.15) is 17.6 Å². The van der Waals surface area contributed by atoms with Crippen LogP contribution in [0.1, 0.15) is 25.5 Å². The molecular formula is C24H26FN3O5S. The fraction of sp³-hybridized carbons (Fsp3) is 0.250. The molecule has 1 aromatic heterocycles. The Morgan fingerprint density at radius 2 is 1.74 bits per heavy atom. The molecule has 3 aromatic rings. The fourth-order valence-corrected chi connectivity index (χ4v) is 4.38. The van der Waals surface area contributed by atoms with E-state index in [9.17, 15) is 22.4 Å². The summed E-state index contributed by atoms with van der Waals surface area (Å²) in [5, 5.41) is 2.75. The summed E-state index contributed by atoms with van der Waals surface area (Å²) < 4.78 is 46.2. The van der Waals surface area contributed by atoms with E-state index in [2.05, 4.69) is 10.0 Å². The van der Waals surface area contributed by atoms with Crippen LogP contribution in [0, 0.1) is 5.82 Å². The Morgan fingerprint density at radius 3 is 2.35 bits per heavy atom. The molecule has 0 aliphatic carbocycles. The summed E-state index contributed by atoms with van der Waals surface area (Å²) in [7, 11) is -3.95. The number of carbonyl (C=O) groups excluding carboxylic acids is 2. The van der Waals surface area contributed by atoms with E-state index >= 15 is 0 Å². The third kappa shape index (κ3) is 6.52. The van der Waals surface area contributed by atoms with Gasteiger partial charge < -0.3 is 9.73 Å². The fourth-order valence-electron chi connectivity index (χ4n) is 3.38. The van der Waals surface area contributed by atoms with Gasteiger partial charge in [0.2, 0.25) is 21.8 Å². The van der Waals surface area contributed by atoms with Crippen LogP contribution in [-0.2, 0) is 26.2 Å². The van der Waals surface area contributed by atoms with Gasteiger partial charge in [0, 0.05) is 5.69 Å². The Hall–Kier alpha value is -3.50. The maximum atomic E-state index is 13.5. The van der Waals surface area contributed by atoms with Gasteiger partial charge in [0.25, 0.3) is 0 Å². The van der Waals surface area contributed by atoms with Gasteiger partial charge in [-0.25, -0.2) is 17.5 Å². The Morgan fingerprint density at radius 1 is 1.03 bits per heavy atom. The number of halogens is 1. The van der Waals surface area contributed by atoms with Gasteiger partial charge in [-0.15, -0.1) is 0 Å². The lowest BCUT2D eigenvalue weighted by Crippen LogP contribution is -2.52. The predicted octanol–water partition coefficient (Wildman–Crippen LogP) is 3.22. The number of hydrogen-bond acceptors (Lipinski definition) is 5. The molecule has 2 aromatic carbocycles. The standard InChI is InChI=1S/C24H26FN3O5S/c1-2-7-22(24(30)26-16-20-8-6-15-33-20)28(19-13-11-18(25)12-14-19)23(29)17-27-34(31,32)21-9-4-3-5-10-21/h3-6,8-15,22,27H,2,7,16-17H2,1H3,(H,26,30). The van der Waals surface area contributed by atoms with Gasteiger partial charge in [0.05, 0.1) is 24.2 Å². The smallest absolute Gasteiger partial charge is 0.243 e. The molecule has 34 heavy (non-hydrogen) atoms. The third-order valence-corrected chi connectivity index (χ3v) is 6.45. The van der Waals surface area contributed by atoms with E-state index < -0.39 is 40.2 Å². The molecule has 3 rings (SSSR count). The largest absolute Gasteiger partial charge is 0.467 e. The van der Waals surface area contributed by atoms with Crippen molar-refractivity contribution < 1.29 is 26.8 Å². The monoisotopic (exact) mass is 487 g/mol. The minimum Gasteiger partial charge on any atom is -0.467 e. The van der Waals surface area contributed by atoms with Crippen LogP contribution < -0.4 is 14.9 Å². The second-order valence-corrected chi connectivity index (χ2v) is 9.25. The SMILES string of the molecule is CCCC(C(=O)NCc1ccco1)N(C(=O)CNS(=O)(=O)c1ccccc1)c1ccc(F)cc1. The Labute approximate surface area is 197 Å². The molecular weight excluding hydrogens is 461 g/mol. The summed E-state index contributed by atoms with van der Waals surface area (Å²) in [6, 6.07) is 15.2. The number of nitrogens with zero attached hydrogens (tertiary/aromatic N) is 1. The maximum absolute atomic E-state index is 13.5. The molecule has 0 aliphatic rings. The normalized spacial score (nSPS) is 12.2. The number of rotatable bonds is 11. The molecule has 2 N–H and O–H groups in total. The van der Waals surface area contributed by atoms with E-state index in [1.165, 1.54) is 47.6 Å². The molecule has 2 amide bonds. The number of carbonyl (C=O) groups is 2. The van der Waals surface area contributed by atoms with E-state index in [0.717, 1.165) is 0 Å². The average Bonchev–Trinajstić information content (AvgIpc) is 3.36. The molecule has 0 fully saturated rings. The first kappa shape index (κ1) is 25.1. The molecule has 10 heteroatoms. The number of hydrogen-bond donors (Lipinski definition) is 2. The molecule has 0 spiro atoms. The summed E-state index contributed by atoms with van der Waals surface area (Å²) in [4.78, 5) is 27.6. The van der Waals surface area contributed by atoms with Gasteiger partial charge in [-0.05, 0) is 55.0 Å². The Kier molecular flexibility index (Phi) is 8.55. The minimum absolute atomic E-state index is 0.0115. The zero-order valence-electron chi connectivity index (χ0n) is 18.6. The summed E-state index contributed by atoms with van der Waals surface area (Å²) >= 11 is 0. The lowest BCUT2D eigenvalue weighted by atomic mass is 10.1. The van der Waals surface area contributed by atoms with Crippen molar-refractivity contribution >= 4 is 27.5 Å². The maximum Gasteiger partial charge on any atom is 0.243 e. The van der Waals surface area contributed by atoms with Crippen molar-refractivity contribution in [2.45, 2.75) is 37.2 Å². The number of anilines is 1. The Balaban J connectivity index is 1.84. The van der Waals surface area contributed by atoms with Crippen LogP contribution in [0.25, 0.3) is 0 Å². The highest BCUT2D eigenvalue weighted by Crippen LogP contribution is 2.21. The van der Waals surface area contributed by atoms with Crippen molar-refractivity contribution in [3.05, 3.63) is 84.6 Å². The minimum atomic E-state index is -3.95. The highest BCUT2D eigenvalue weighted by Gasteiger charge is 2.31. The van der Waals surface area contributed by atoms with Crippen molar-refractivity contribution in [2.75, 3.05) is 11.4 Å². The van der Waals surface area contributed by atoms with Gasteiger partial charge >= 0.3 is 0 Å². The molecule has 1 unspecified atom stereocenters. The second-order valence-electron chi connectivity index (χ2n) is 7.48. The molecule has 0 bridgehead atoms. The number of nitrogens with one attached hydrogen (secondary N) is 2. The molecule has 1 heterocycles. The van der Waals surface area contributed by atoms with Crippen LogP contribution in [0.2, 0.25) is 0 Å². The number of amides is 2. The number of sulfonamides is 1. The van der Waals surface area contributed by atoms with E-state index in [0.29, 0.717) is 18.6 Å². The van der Waals surface area contributed by atoms with Crippen molar-refractivity contribution in [3.8, 4) is 0 Å². The van der Waals surface area contributed by atoms with Crippen LogP contribution in [0.4, 0.5) is 10.1 Å². The molecule has 0 radical (unpaired) electrons. The summed E-state index contributed by atoms with van der Waals surface area (Å²) in [6.45, 7) is 1.40. The molecule has 0 saturated carbocycles. The van der Waals surface area contributed by atoms with E-state index in [-0.39, 0.29) is 17.1 Å². The van der Waals surface area contributed by atoms with Gasteiger partial charge in [-0.2, -0.15) is 0 Å². The van der Waals surface area contributed by atoms with Crippen molar-refractivity contribution in [3.63, 3.8) is 0 Å². The third-order valence-electron chi connectivity index (χ3n) is 5.03. The number of benzene rings is 2. The first-order valence-electron chi connectivity index (χ1n) is 10.7. The molecule has 180 valence electrons. The van der Waals surface area contributed by atoms with E-state index in [1.807, 2.05) is 6.92 Å². The summed E-state index contributed by atoms with van der Waals surface area (Å²) in [5.74, 6) is -1.06.